The van der Waals surface area contributed by atoms with E-state index in [1.54, 1.807) is 36.5 Å². The lowest BCUT2D eigenvalue weighted by molar-refractivity contribution is 0.0698. The zero-order valence-corrected chi connectivity index (χ0v) is 22.4. The average Bonchev–Trinajstić information content (AvgIpc) is 2.97. The van der Waals surface area contributed by atoms with Gasteiger partial charge in [-0.05, 0) is 55.8 Å². The third-order valence-electron chi connectivity index (χ3n) is 7.17. The number of benzene rings is 2. The van der Waals surface area contributed by atoms with Gasteiger partial charge in [0.2, 0.25) is 0 Å². The molecule has 3 heterocycles. The molecule has 1 saturated heterocycles. The van der Waals surface area contributed by atoms with Gasteiger partial charge in [0.1, 0.15) is 17.5 Å². The number of fused-ring (bicyclic) bond motifs is 1. The highest BCUT2D eigenvalue weighted by molar-refractivity contribution is 5.94. The number of anilines is 3. The van der Waals surface area contributed by atoms with Crippen LogP contribution in [-0.4, -0.2) is 46.6 Å². The molecule has 41 heavy (non-hydrogen) atoms. The molecule has 1 atom stereocenters. The van der Waals surface area contributed by atoms with Crippen LogP contribution >= 0.6 is 0 Å². The van der Waals surface area contributed by atoms with Crippen LogP contribution in [0.4, 0.5) is 21.6 Å². The van der Waals surface area contributed by atoms with Gasteiger partial charge in [0.15, 0.2) is 11.4 Å². The number of halogens is 1. The van der Waals surface area contributed by atoms with Crippen LogP contribution in [0.25, 0.3) is 5.65 Å². The highest BCUT2D eigenvalue weighted by Crippen LogP contribution is 2.28. The fraction of sp³-hybridized carbons (Fsp3) is 0.233. The summed E-state index contributed by atoms with van der Waals surface area (Å²) in [6, 6.07) is 16.3. The van der Waals surface area contributed by atoms with E-state index in [2.05, 4.69) is 5.32 Å². The molecular formula is C30H26FN7O3. The topological polar surface area (TPSA) is 138 Å². The first-order valence-electron chi connectivity index (χ1n) is 13.0. The summed E-state index contributed by atoms with van der Waals surface area (Å²) in [6.45, 7) is 5.28. The Morgan fingerprint density at radius 3 is 2.44 bits per heavy atom. The number of hydrogen-bond acceptors (Lipinski definition) is 8. The summed E-state index contributed by atoms with van der Waals surface area (Å²) in [6.07, 6.45) is 1.63. The molecule has 0 aliphatic carbocycles. The molecule has 2 aromatic carbocycles. The van der Waals surface area contributed by atoms with E-state index in [0.29, 0.717) is 48.8 Å². The van der Waals surface area contributed by atoms with Gasteiger partial charge < -0.3 is 20.2 Å². The SMILES string of the molecule is Cc1cc([C@@H](C)Nc2ccccc2C(=O)O)c2nc(N3CCN(c4ccc(C#N)cc4F)CC3)c(C#N)c(=O)n2c1. The minimum absolute atomic E-state index is 0.0890. The number of carboxylic acids is 1. The average molecular weight is 552 g/mol. The second-order valence-corrected chi connectivity index (χ2v) is 9.86. The first-order valence-corrected chi connectivity index (χ1v) is 13.0. The van der Waals surface area contributed by atoms with Crippen LogP contribution in [-0.2, 0) is 0 Å². The number of pyridine rings is 1. The smallest absolute Gasteiger partial charge is 0.337 e. The molecule has 206 valence electrons. The minimum Gasteiger partial charge on any atom is -0.478 e. The van der Waals surface area contributed by atoms with E-state index in [4.69, 9.17) is 10.2 Å². The highest BCUT2D eigenvalue weighted by Gasteiger charge is 2.26. The van der Waals surface area contributed by atoms with Crippen LogP contribution in [0.5, 0.6) is 0 Å². The third kappa shape index (κ3) is 5.13. The summed E-state index contributed by atoms with van der Waals surface area (Å²) < 4.78 is 16.0. The fourth-order valence-corrected chi connectivity index (χ4v) is 5.14. The van der Waals surface area contributed by atoms with Gasteiger partial charge in [-0.1, -0.05) is 12.1 Å². The van der Waals surface area contributed by atoms with E-state index in [1.807, 2.05) is 41.9 Å². The second kappa shape index (κ2) is 11.0. The van der Waals surface area contributed by atoms with Crippen molar-refractivity contribution < 1.29 is 14.3 Å². The van der Waals surface area contributed by atoms with E-state index < -0.39 is 23.4 Å². The maximum absolute atomic E-state index is 14.6. The van der Waals surface area contributed by atoms with Gasteiger partial charge in [0.05, 0.1) is 28.9 Å². The molecule has 5 rings (SSSR count). The van der Waals surface area contributed by atoms with Crippen LogP contribution in [0, 0.1) is 35.4 Å². The number of nitrogens with zero attached hydrogens (tertiary/aromatic N) is 6. The number of hydrogen-bond donors (Lipinski definition) is 2. The van der Waals surface area contributed by atoms with Gasteiger partial charge in [-0.15, -0.1) is 0 Å². The lowest BCUT2D eigenvalue weighted by atomic mass is 10.1. The zero-order chi connectivity index (χ0) is 29.3. The summed E-state index contributed by atoms with van der Waals surface area (Å²) in [5.74, 6) is -1.30. The van der Waals surface area contributed by atoms with Crippen molar-refractivity contribution in [1.82, 2.24) is 9.38 Å². The number of aromatic nitrogens is 2. The Kier molecular flexibility index (Phi) is 7.28. The Hall–Kier alpha value is -5.42. The zero-order valence-electron chi connectivity index (χ0n) is 22.4. The van der Waals surface area contributed by atoms with Gasteiger partial charge in [-0.2, -0.15) is 10.5 Å². The largest absolute Gasteiger partial charge is 0.478 e. The van der Waals surface area contributed by atoms with Crippen molar-refractivity contribution in [2.24, 2.45) is 0 Å². The lowest BCUT2D eigenvalue weighted by Gasteiger charge is -2.37. The molecule has 2 aromatic heterocycles. The number of aromatic carboxylic acids is 1. The van der Waals surface area contributed by atoms with Gasteiger partial charge in [0.25, 0.3) is 5.56 Å². The first-order chi connectivity index (χ1) is 19.7. The molecule has 0 bridgehead atoms. The molecule has 4 aromatic rings. The molecule has 1 fully saturated rings. The molecule has 1 aliphatic heterocycles. The van der Waals surface area contributed by atoms with Crippen LogP contribution in [0.2, 0.25) is 0 Å². The normalized spacial score (nSPS) is 13.9. The van der Waals surface area contributed by atoms with Crippen molar-refractivity contribution in [2.45, 2.75) is 19.9 Å². The van der Waals surface area contributed by atoms with E-state index in [1.165, 1.54) is 16.5 Å². The van der Waals surface area contributed by atoms with E-state index in [-0.39, 0.29) is 22.5 Å². The van der Waals surface area contributed by atoms with Gasteiger partial charge in [-0.3, -0.25) is 9.20 Å². The standard InChI is InChI=1S/C30H26FN7O3/c1-18-13-22(19(2)34-25-6-4-3-5-21(25)30(40)41)28-35-27(23(16-33)29(39)38(28)17-18)37-11-9-36(10-12-37)26-8-7-20(15-32)14-24(26)31/h3-8,13-14,17,19,34H,9-12H2,1-2H3,(H,40,41)/t19-/m1/s1. The van der Waals surface area contributed by atoms with E-state index in [0.717, 1.165) is 5.56 Å². The number of carbonyl (C=O) groups is 1. The monoisotopic (exact) mass is 551 g/mol. The number of nitrogens with one attached hydrogen (secondary N) is 1. The predicted octanol–water partition coefficient (Wildman–Crippen LogP) is 4.08. The minimum atomic E-state index is -1.07. The molecule has 2 N–H and O–H groups in total. The second-order valence-electron chi connectivity index (χ2n) is 9.86. The predicted molar refractivity (Wildman–Crippen MR) is 152 cm³/mol. The fourth-order valence-electron chi connectivity index (χ4n) is 5.14. The van der Waals surface area contributed by atoms with Crippen LogP contribution < -0.4 is 20.7 Å². The molecule has 0 unspecified atom stereocenters. The maximum atomic E-state index is 14.6. The lowest BCUT2D eigenvalue weighted by Crippen LogP contribution is -2.48. The van der Waals surface area contributed by atoms with Crippen molar-refractivity contribution in [3.63, 3.8) is 0 Å². The maximum Gasteiger partial charge on any atom is 0.337 e. The van der Waals surface area contributed by atoms with Crippen LogP contribution in [0.1, 0.15) is 45.6 Å². The number of aryl methyl sites for hydroxylation is 1. The number of nitriles is 2. The van der Waals surface area contributed by atoms with Crippen molar-refractivity contribution in [3.05, 3.63) is 98.7 Å². The van der Waals surface area contributed by atoms with Gasteiger partial charge >= 0.3 is 5.97 Å². The highest BCUT2D eigenvalue weighted by atomic mass is 19.1. The van der Waals surface area contributed by atoms with E-state index in [9.17, 15) is 24.3 Å². The summed E-state index contributed by atoms with van der Waals surface area (Å²) in [4.78, 5) is 33.8. The number of carboxylic acid groups (broad SMARTS) is 1. The Labute approximate surface area is 235 Å². The molecule has 11 heteroatoms. The Bertz CT molecular complexity index is 1810. The molecule has 1 aliphatic rings. The quantitative estimate of drug-likeness (QED) is 0.363. The molecule has 10 nitrogen and oxygen atoms in total. The van der Waals surface area contributed by atoms with E-state index >= 15 is 0 Å². The summed E-state index contributed by atoms with van der Waals surface area (Å²) in [5, 5.41) is 31.8. The Morgan fingerprint density at radius 2 is 1.78 bits per heavy atom. The molecule has 0 radical (unpaired) electrons. The number of piperazine rings is 1. The molecule has 0 saturated carbocycles. The first kappa shape index (κ1) is 27.2. The van der Waals surface area contributed by atoms with Crippen LogP contribution in [0.15, 0.2) is 59.5 Å². The van der Waals surface area contributed by atoms with Crippen LogP contribution in [0.3, 0.4) is 0 Å². The third-order valence-corrected chi connectivity index (χ3v) is 7.17. The molecule has 0 spiro atoms. The van der Waals surface area contributed by atoms with Crippen molar-refractivity contribution in [1.29, 1.82) is 10.5 Å². The number of rotatable bonds is 6. The Morgan fingerprint density at radius 1 is 1.07 bits per heavy atom. The van der Waals surface area contributed by atoms with Gasteiger partial charge in [0, 0.05) is 43.6 Å². The molecular weight excluding hydrogens is 525 g/mol. The number of para-hydroxylation sites is 1. The molecule has 0 amide bonds. The van der Waals surface area contributed by atoms with Crippen molar-refractivity contribution in [3.8, 4) is 12.1 Å². The summed E-state index contributed by atoms with van der Waals surface area (Å²) >= 11 is 0. The van der Waals surface area contributed by atoms with Crippen molar-refractivity contribution >= 4 is 28.8 Å². The van der Waals surface area contributed by atoms with Crippen molar-refractivity contribution in [2.75, 3.05) is 41.3 Å². The Balaban J connectivity index is 1.51. The summed E-state index contributed by atoms with van der Waals surface area (Å²) in [7, 11) is 0. The van der Waals surface area contributed by atoms with Gasteiger partial charge in [-0.25, -0.2) is 14.2 Å². The summed E-state index contributed by atoms with van der Waals surface area (Å²) in [5.41, 5.74) is 2.35.